The summed E-state index contributed by atoms with van der Waals surface area (Å²) in [7, 11) is 3.15. The second-order valence-corrected chi connectivity index (χ2v) is 9.29. The quantitative estimate of drug-likeness (QED) is 0.330. The van der Waals surface area contributed by atoms with Gasteiger partial charge in [-0.25, -0.2) is 4.68 Å². The second kappa shape index (κ2) is 10.7. The molecule has 1 aliphatic heterocycles. The highest BCUT2D eigenvalue weighted by Gasteiger charge is 2.32. The van der Waals surface area contributed by atoms with Gasteiger partial charge in [0.25, 0.3) is 5.91 Å². The molecular formula is C25H23N3O5S2. The number of aromatic nitrogens is 2. The van der Waals surface area contributed by atoms with E-state index in [2.05, 4.69) is 0 Å². The zero-order chi connectivity index (χ0) is 24.9. The minimum Gasteiger partial charge on any atom is -0.493 e. The molecule has 3 aromatic rings. The number of benzene rings is 2. The van der Waals surface area contributed by atoms with E-state index >= 15 is 0 Å². The lowest BCUT2D eigenvalue weighted by Gasteiger charge is -2.13. The lowest BCUT2D eigenvalue weighted by atomic mass is 10.1. The summed E-state index contributed by atoms with van der Waals surface area (Å²) in [5.74, 6) is 0.0208. The Bertz CT molecular complexity index is 1300. The third kappa shape index (κ3) is 5.39. The highest BCUT2D eigenvalue weighted by Crippen LogP contribution is 2.37. The fourth-order valence-corrected chi connectivity index (χ4v) is 4.94. The van der Waals surface area contributed by atoms with Gasteiger partial charge in [0.2, 0.25) is 0 Å². The number of thioether (sulfide) groups is 1. The van der Waals surface area contributed by atoms with Crippen LogP contribution in [0.15, 0.2) is 59.6 Å². The van der Waals surface area contributed by atoms with Gasteiger partial charge in [-0.05, 0) is 42.8 Å². The van der Waals surface area contributed by atoms with Crippen molar-refractivity contribution in [2.24, 2.45) is 0 Å². The second-order valence-electron chi connectivity index (χ2n) is 7.61. The summed E-state index contributed by atoms with van der Waals surface area (Å²) in [4.78, 5) is 25.8. The summed E-state index contributed by atoms with van der Waals surface area (Å²) in [6.45, 7) is 0.264. The lowest BCUT2D eigenvalue weighted by molar-refractivity contribution is -0.137. The van der Waals surface area contributed by atoms with Crippen molar-refractivity contribution in [1.82, 2.24) is 14.7 Å². The zero-order valence-electron chi connectivity index (χ0n) is 19.1. The van der Waals surface area contributed by atoms with E-state index in [4.69, 9.17) is 31.9 Å². The summed E-state index contributed by atoms with van der Waals surface area (Å²) in [5.41, 5.74) is 3.05. The monoisotopic (exact) mass is 509 g/mol. The summed E-state index contributed by atoms with van der Waals surface area (Å²) in [6, 6.07) is 15.2. The topological polar surface area (TPSA) is 93.9 Å². The van der Waals surface area contributed by atoms with Crippen molar-refractivity contribution in [3.63, 3.8) is 0 Å². The van der Waals surface area contributed by atoms with Crippen LogP contribution >= 0.6 is 24.0 Å². The first-order chi connectivity index (χ1) is 16.9. The number of methoxy groups -OCH3 is 2. The molecule has 8 nitrogen and oxygen atoms in total. The van der Waals surface area contributed by atoms with E-state index in [0.717, 1.165) is 16.8 Å². The van der Waals surface area contributed by atoms with Crippen LogP contribution in [-0.2, 0) is 9.59 Å². The molecule has 35 heavy (non-hydrogen) atoms. The fourth-order valence-electron chi connectivity index (χ4n) is 3.64. The molecule has 2 aromatic carbocycles. The number of carboxylic acids is 1. The first-order valence-corrected chi connectivity index (χ1v) is 12.0. The molecular weight excluding hydrogens is 486 g/mol. The number of rotatable bonds is 9. The maximum Gasteiger partial charge on any atom is 0.303 e. The molecule has 4 rings (SSSR count). The van der Waals surface area contributed by atoms with Gasteiger partial charge in [-0.3, -0.25) is 14.5 Å². The van der Waals surface area contributed by atoms with Crippen LogP contribution < -0.4 is 9.47 Å². The highest BCUT2D eigenvalue weighted by molar-refractivity contribution is 8.26. The first-order valence-electron chi connectivity index (χ1n) is 10.8. The number of nitrogens with zero attached hydrogens (tertiary/aromatic N) is 3. The minimum atomic E-state index is -0.904. The number of aliphatic carboxylic acids is 1. The lowest BCUT2D eigenvalue weighted by Crippen LogP contribution is -2.29. The Balaban J connectivity index is 1.73. The Morgan fingerprint density at radius 2 is 1.89 bits per heavy atom. The normalized spacial score (nSPS) is 14.6. The van der Waals surface area contributed by atoms with Gasteiger partial charge in [0.05, 0.1) is 24.8 Å². The number of hydrogen-bond acceptors (Lipinski definition) is 7. The first kappa shape index (κ1) is 24.5. The van der Waals surface area contributed by atoms with Gasteiger partial charge in [0, 0.05) is 30.3 Å². The van der Waals surface area contributed by atoms with Crippen LogP contribution in [0.1, 0.15) is 18.4 Å². The number of carbonyl (C=O) groups excluding carboxylic acids is 1. The van der Waals surface area contributed by atoms with E-state index in [0.29, 0.717) is 32.8 Å². The molecule has 1 N–H and O–H groups in total. The molecule has 1 aromatic heterocycles. The standard InChI is InChI=1S/C25H23N3O5S2/c1-32-19-11-10-16(13-20(19)33-2)23-17(15-28(26-23)18-7-4-3-5-8-18)14-21-24(31)27(25(34)35-21)12-6-9-22(29)30/h3-5,7-8,10-11,13-15H,6,9,12H2,1-2H3,(H,29,30). The molecule has 0 aliphatic carbocycles. The Morgan fingerprint density at radius 1 is 1.14 bits per heavy atom. The molecule has 10 heteroatoms. The van der Waals surface area contributed by atoms with Gasteiger partial charge in [0.15, 0.2) is 11.5 Å². The number of hydrogen-bond donors (Lipinski definition) is 1. The highest BCUT2D eigenvalue weighted by atomic mass is 32.2. The van der Waals surface area contributed by atoms with Gasteiger partial charge >= 0.3 is 5.97 Å². The maximum atomic E-state index is 13.0. The van der Waals surface area contributed by atoms with Crippen molar-refractivity contribution in [3.8, 4) is 28.4 Å². The summed E-state index contributed by atoms with van der Waals surface area (Å²) in [5, 5.41) is 13.7. The molecule has 2 heterocycles. The number of carbonyl (C=O) groups is 2. The van der Waals surface area contributed by atoms with Gasteiger partial charge in [-0.1, -0.05) is 42.2 Å². The van der Waals surface area contributed by atoms with E-state index in [1.807, 2.05) is 48.7 Å². The molecule has 0 saturated carbocycles. The smallest absolute Gasteiger partial charge is 0.303 e. The molecule has 1 fully saturated rings. The molecule has 0 atom stereocenters. The molecule has 0 bridgehead atoms. The Hall–Kier alpha value is -3.63. The van der Waals surface area contributed by atoms with E-state index in [1.54, 1.807) is 31.0 Å². The van der Waals surface area contributed by atoms with Gasteiger partial charge in [-0.15, -0.1) is 0 Å². The number of carboxylic acid groups (broad SMARTS) is 1. The van der Waals surface area contributed by atoms with Crippen molar-refractivity contribution in [2.45, 2.75) is 12.8 Å². The van der Waals surface area contributed by atoms with Crippen LogP contribution in [0.25, 0.3) is 23.0 Å². The zero-order valence-corrected chi connectivity index (χ0v) is 20.8. The Morgan fingerprint density at radius 3 is 2.57 bits per heavy atom. The number of ether oxygens (including phenoxy) is 2. The molecule has 0 unspecified atom stereocenters. The predicted octanol–water partition coefficient (Wildman–Crippen LogP) is 4.62. The van der Waals surface area contributed by atoms with Crippen LogP contribution in [0.2, 0.25) is 0 Å². The maximum absolute atomic E-state index is 13.0. The molecule has 1 amide bonds. The van der Waals surface area contributed by atoms with Crippen molar-refractivity contribution in [2.75, 3.05) is 20.8 Å². The SMILES string of the molecule is COc1ccc(-c2nn(-c3ccccc3)cc2C=C2SC(=S)N(CCCC(=O)O)C2=O)cc1OC. The van der Waals surface area contributed by atoms with Crippen LogP contribution in [0, 0.1) is 0 Å². The summed E-state index contributed by atoms with van der Waals surface area (Å²) >= 11 is 6.58. The summed E-state index contributed by atoms with van der Waals surface area (Å²) < 4.78 is 13.0. The molecule has 180 valence electrons. The third-order valence-corrected chi connectivity index (χ3v) is 6.73. The van der Waals surface area contributed by atoms with Crippen LogP contribution in [0.5, 0.6) is 11.5 Å². The van der Waals surface area contributed by atoms with Gasteiger partial charge < -0.3 is 14.6 Å². The van der Waals surface area contributed by atoms with E-state index in [-0.39, 0.29) is 18.9 Å². The molecule has 1 saturated heterocycles. The molecule has 0 radical (unpaired) electrons. The third-order valence-electron chi connectivity index (χ3n) is 5.35. The van der Waals surface area contributed by atoms with E-state index < -0.39 is 5.97 Å². The fraction of sp³-hybridized carbons (Fsp3) is 0.200. The number of amides is 1. The van der Waals surface area contributed by atoms with E-state index in [9.17, 15) is 9.59 Å². The van der Waals surface area contributed by atoms with Crippen LogP contribution in [0.4, 0.5) is 0 Å². The number of para-hydroxylation sites is 1. The average molecular weight is 510 g/mol. The van der Waals surface area contributed by atoms with E-state index in [1.165, 1.54) is 16.7 Å². The van der Waals surface area contributed by atoms with Gasteiger partial charge in [0.1, 0.15) is 10.0 Å². The molecule has 0 spiro atoms. The van der Waals surface area contributed by atoms with Crippen molar-refractivity contribution < 1.29 is 24.2 Å². The minimum absolute atomic E-state index is 0.0244. The van der Waals surface area contributed by atoms with Crippen molar-refractivity contribution >= 4 is 46.3 Å². The van der Waals surface area contributed by atoms with Crippen LogP contribution in [-0.4, -0.2) is 56.7 Å². The Kier molecular flexibility index (Phi) is 7.52. The summed E-state index contributed by atoms with van der Waals surface area (Å²) in [6.07, 6.45) is 3.94. The van der Waals surface area contributed by atoms with Crippen molar-refractivity contribution in [1.29, 1.82) is 0 Å². The van der Waals surface area contributed by atoms with Crippen LogP contribution in [0.3, 0.4) is 0 Å². The van der Waals surface area contributed by atoms with Gasteiger partial charge in [-0.2, -0.15) is 5.10 Å². The van der Waals surface area contributed by atoms with Crippen molar-refractivity contribution in [3.05, 3.63) is 65.2 Å². The predicted molar refractivity (Wildman–Crippen MR) is 139 cm³/mol. The largest absolute Gasteiger partial charge is 0.493 e. The molecule has 1 aliphatic rings. The number of thiocarbonyl (C=S) groups is 1. The average Bonchev–Trinajstić information content (AvgIpc) is 3.40. The Labute approximate surface area is 212 Å².